The quantitative estimate of drug-likeness (QED) is 0.834. The largest absolute Gasteiger partial charge is 0.361 e. The molecule has 1 saturated heterocycles. The topological polar surface area (TPSA) is 64.2 Å². The van der Waals surface area contributed by atoms with Crippen LogP contribution >= 0.6 is 0 Å². The van der Waals surface area contributed by atoms with Gasteiger partial charge in [0.1, 0.15) is 11.5 Å². The summed E-state index contributed by atoms with van der Waals surface area (Å²) < 4.78 is 7.23. The lowest BCUT2D eigenvalue weighted by atomic mass is 10.1. The van der Waals surface area contributed by atoms with E-state index >= 15 is 0 Å². The SMILES string of the molecule is Cc1cc(C2CCCN2C(=O)Cc2c(C)nn(CC(C)C)c2C)no1. The van der Waals surface area contributed by atoms with Crippen LogP contribution in [0.15, 0.2) is 10.6 Å². The van der Waals surface area contributed by atoms with Crippen LogP contribution in [0.3, 0.4) is 0 Å². The Labute approximate surface area is 149 Å². The summed E-state index contributed by atoms with van der Waals surface area (Å²) in [4.78, 5) is 14.9. The van der Waals surface area contributed by atoms with Crippen molar-refractivity contribution in [3.63, 3.8) is 0 Å². The number of nitrogens with zero attached hydrogens (tertiary/aromatic N) is 4. The molecule has 0 saturated carbocycles. The van der Waals surface area contributed by atoms with E-state index in [0.29, 0.717) is 12.3 Å². The minimum absolute atomic E-state index is 0.0382. The van der Waals surface area contributed by atoms with E-state index in [1.807, 2.05) is 29.5 Å². The lowest BCUT2D eigenvalue weighted by molar-refractivity contribution is -0.131. The maximum Gasteiger partial charge on any atom is 0.227 e. The number of aromatic nitrogens is 3. The molecule has 1 fully saturated rings. The van der Waals surface area contributed by atoms with Crippen LogP contribution in [0.5, 0.6) is 0 Å². The molecule has 1 amide bonds. The second-order valence-corrected chi connectivity index (χ2v) is 7.51. The summed E-state index contributed by atoms with van der Waals surface area (Å²) >= 11 is 0. The van der Waals surface area contributed by atoms with E-state index < -0.39 is 0 Å². The van der Waals surface area contributed by atoms with Crippen LogP contribution < -0.4 is 0 Å². The third-order valence-corrected chi connectivity index (χ3v) is 4.96. The Bertz CT molecular complexity index is 760. The van der Waals surface area contributed by atoms with Crippen molar-refractivity contribution in [1.29, 1.82) is 0 Å². The second-order valence-electron chi connectivity index (χ2n) is 7.51. The summed E-state index contributed by atoms with van der Waals surface area (Å²) in [5, 5.41) is 8.75. The van der Waals surface area contributed by atoms with Gasteiger partial charge in [-0.1, -0.05) is 19.0 Å². The van der Waals surface area contributed by atoms with Crippen LogP contribution in [0.1, 0.15) is 61.1 Å². The molecule has 0 spiro atoms. The average Bonchev–Trinajstić information content (AvgIpc) is 3.23. The van der Waals surface area contributed by atoms with Gasteiger partial charge in [-0.05, 0) is 39.5 Å². The summed E-state index contributed by atoms with van der Waals surface area (Å²) in [6.07, 6.45) is 2.36. The van der Waals surface area contributed by atoms with Crippen LogP contribution in [0.25, 0.3) is 0 Å². The van der Waals surface area contributed by atoms with E-state index in [4.69, 9.17) is 4.52 Å². The summed E-state index contributed by atoms with van der Waals surface area (Å²) in [6, 6.07) is 1.98. The highest BCUT2D eigenvalue weighted by molar-refractivity contribution is 5.80. The number of aryl methyl sites for hydroxylation is 2. The zero-order chi connectivity index (χ0) is 18.1. The van der Waals surface area contributed by atoms with Crippen LogP contribution in [0.2, 0.25) is 0 Å². The molecule has 1 atom stereocenters. The molecule has 6 nitrogen and oxygen atoms in total. The molecule has 1 unspecified atom stereocenters. The number of hydrogen-bond donors (Lipinski definition) is 0. The molecule has 2 aromatic heterocycles. The fourth-order valence-corrected chi connectivity index (χ4v) is 3.68. The Morgan fingerprint density at radius 1 is 1.36 bits per heavy atom. The number of likely N-dealkylation sites (tertiary alicyclic amines) is 1. The predicted octanol–water partition coefficient (Wildman–Crippen LogP) is 3.36. The molecule has 3 heterocycles. The average molecular weight is 344 g/mol. The van der Waals surface area contributed by atoms with Gasteiger partial charge >= 0.3 is 0 Å². The van der Waals surface area contributed by atoms with Crippen molar-refractivity contribution < 1.29 is 9.32 Å². The zero-order valence-electron chi connectivity index (χ0n) is 15.9. The van der Waals surface area contributed by atoms with Gasteiger partial charge in [0.15, 0.2) is 0 Å². The van der Waals surface area contributed by atoms with E-state index in [1.165, 1.54) is 0 Å². The van der Waals surface area contributed by atoms with E-state index in [9.17, 15) is 4.79 Å². The lowest BCUT2D eigenvalue weighted by Gasteiger charge is -2.23. The van der Waals surface area contributed by atoms with Gasteiger partial charge in [0.05, 0.1) is 18.2 Å². The fourth-order valence-electron chi connectivity index (χ4n) is 3.68. The second kappa shape index (κ2) is 7.02. The summed E-state index contributed by atoms with van der Waals surface area (Å²) in [5.74, 6) is 1.47. The van der Waals surface area contributed by atoms with Crippen molar-refractivity contribution in [2.75, 3.05) is 6.54 Å². The fraction of sp³-hybridized carbons (Fsp3) is 0.632. The zero-order valence-corrected chi connectivity index (χ0v) is 15.9. The Kier molecular flexibility index (Phi) is 4.97. The molecule has 25 heavy (non-hydrogen) atoms. The first-order chi connectivity index (χ1) is 11.9. The normalized spacial score (nSPS) is 17.7. The molecule has 0 aliphatic carbocycles. The highest BCUT2D eigenvalue weighted by Crippen LogP contribution is 2.32. The molecule has 0 aromatic carbocycles. The third-order valence-electron chi connectivity index (χ3n) is 4.96. The summed E-state index contributed by atoms with van der Waals surface area (Å²) in [5.41, 5.74) is 3.99. The van der Waals surface area contributed by atoms with Crippen LogP contribution in [-0.4, -0.2) is 32.3 Å². The van der Waals surface area contributed by atoms with Gasteiger partial charge in [-0.3, -0.25) is 9.48 Å². The number of rotatable bonds is 5. The standard InChI is InChI=1S/C19H28N4O2/c1-12(2)11-23-15(5)16(14(4)20-23)10-19(24)22-8-6-7-18(22)17-9-13(3)25-21-17/h9,12,18H,6-8,10-11H2,1-5H3. The summed E-state index contributed by atoms with van der Waals surface area (Å²) in [6.45, 7) is 12.0. The van der Waals surface area contributed by atoms with E-state index in [2.05, 4.69) is 31.0 Å². The Morgan fingerprint density at radius 3 is 2.76 bits per heavy atom. The molecule has 0 radical (unpaired) electrons. The number of hydrogen-bond acceptors (Lipinski definition) is 4. The predicted molar refractivity (Wildman–Crippen MR) is 95.2 cm³/mol. The maximum atomic E-state index is 13.0. The van der Waals surface area contributed by atoms with Crippen LogP contribution in [0, 0.1) is 26.7 Å². The van der Waals surface area contributed by atoms with Gasteiger partial charge in [-0.2, -0.15) is 5.10 Å². The van der Waals surface area contributed by atoms with E-state index in [-0.39, 0.29) is 11.9 Å². The highest BCUT2D eigenvalue weighted by Gasteiger charge is 2.32. The number of amides is 1. The molecule has 6 heteroatoms. The molecule has 2 aromatic rings. The van der Waals surface area contributed by atoms with Gasteiger partial charge in [-0.25, -0.2) is 0 Å². The first-order valence-corrected chi connectivity index (χ1v) is 9.12. The molecule has 3 rings (SSSR count). The Balaban J connectivity index is 1.77. The minimum Gasteiger partial charge on any atom is -0.361 e. The monoisotopic (exact) mass is 344 g/mol. The van der Waals surface area contributed by atoms with Crippen molar-refractivity contribution in [3.8, 4) is 0 Å². The van der Waals surface area contributed by atoms with Crippen LogP contribution in [-0.2, 0) is 17.8 Å². The summed E-state index contributed by atoms with van der Waals surface area (Å²) in [7, 11) is 0. The molecule has 136 valence electrons. The molecular weight excluding hydrogens is 316 g/mol. The Morgan fingerprint density at radius 2 is 2.12 bits per heavy atom. The first kappa shape index (κ1) is 17.7. The van der Waals surface area contributed by atoms with Crippen molar-refractivity contribution in [2.45, 2.75) is 66.5 Å². The van der Waals surface area contributed by atoms with Crippen molar-refractivity contribution in [2.24, 2.45) is 5.92 Å². The van der Waals surface area contributed by atoms with Gasteiger partial charge in [-0.15, -0.1) is 0 Å². The van der Waals surface area contributed by atoms with Crippen molar-refractivity contribution in [1.82, 2.24) is 19.8 Å². The smallest absolute Gasteiger partial charge is 0.227 e. The number of carbonyl (C=O) groups excluding carboxylic acids is 1. The minimum atomic E-state index is 0.0382. The molecular formula is C19H28N4O2. The van der Waals surface area contributed by atoms with Crippen molar-refractivity contribution in [3.05, 3.63) is 34.5 Å². The first-order valence-electron chi connectivity index (χ1n) is 9.12. The molecule has 0 bridgehead atoms. The maximum absolute atomic E-state index is 13.0. The van der Waals surface area contributed by atoms with Gasteiger partial charge in [0.2, 0.25) is 5.91 Å². The number of carbonyl (C=O) groups is 1. The highest BCUT2D eigenvalue weighted by atomic mass is 16.5. The lowest BCUT2D eigenvalue weighted by Crippen LogP contribution is -2.32. The van der Waals surface area contributed by atoms with E-state index in [0.717, 1.165) is 54.3 Å². The molecule has 0 N–H and O–H groups in total. The van der Waals surface area contributed by atoms with Gasteiger partial charge in [0.25, 0.3) is 0 Å². The molecule has 1 aliphatic rings. The Hall–Kier alpha value is -2.11. The van der Waals surface area contributed by atoms with Crippen molar-refractivity contribution >= 4 is 5.91 Å². The molecule has 1 aliphatic heterocycles. The van der Waals surface area contributed by atoms with Crippen LogP contribution in [0.4, 0.5) is 0 Å². The van der Waals surface area contributed by atoms with Gasteiger partial charge in [0, 0.05) is 30.4 Å². The third kappa shape index (κ3) is 3.62. The van der Waals surface area contributed by atoms with Gasteiger partial charge < -0.3 is 9.42 Å². The van der Waals surface area contributed by atoms with E-state index in [1.54, 1.807) is 0 Å².